The normalized spacial score (nSPS) is 19.8. The molecule has 17 heavy (non-hydrogen) atoms. The molecule has 1 heterocycles. The fraction of sp³-hybridized carbons (Fsp3) is 0.923. The van der Waals surface area contributed by atoms with Crippen LogP contribution in [0.3, 0.4) is 0 Å². The van der Waals surface area contributed by atoms with Gasteiger partial charge in [-0.2, -0.15) is 5.26 Å². The Hall–Kier alpha value is -0.400. The molecular formula is C13H23NO2S. The summed E-state index contributed by atoms with van der Waals surface area (Å²) in [6.07, 6.45) is 4.74. The molecule has 0 aromatic carbocycles. The van der Waals surface area contributed by atoms with Crippen LogP contribution in [-0.2, 0) is 15.5 Å². The van der Waals surface area contributed by atoms with Crippen LogP contribution >= 0.6 is 0 Å². The molecule has 1 atom stereocenters. The number of nitrogens with zero attached hydrogens (tertiary/aromatic N) is 1. The lowest BCUT2D eigenvalue weighted by Gasteiger charge is -2.21. The first-order chi connectivity index (χ1) is 8.05. The summed E-state index contributed by atoms with van der Waals surface area (Å²) >= 11 is 0. The van der Waals surface area contributed by atoms with Crippen LogP contribution < -0.4 is 0 Å². The lowest BCUT2D eigenvalue weighted by molar-refractivity contribution is 0.0992. The van der Waals surface area contributed by atoms with Crippen molar-refractivity contribution in [1.29, 1.82) is 5.26 Å². The zero-order chi connectivity index (χ0) is 12.7. The third kappa shape index (κ3) is 5.65. The second-order valence-corrected chi connectivity index (χ2v) is 7.19. The minimum absolute atomic E-state index is 0.236. The summed E-state index contributed by atoms with van der Waals surface area (Å²) < 4.78 is 17.2. The second-order valence-electron chi connectivity index (χ2n) is 5.35. The van der Waals surface area contributed by atoms with Crippen LogP contribution in [0.25, 0.3) is 0 Å². The standard InChI is InChI=1S/C13H23NO2S/c1-13(2,11-14)7-3-4-10-17(15)12-5-8-16-9-6-12/h12H,3-10H2,1-2H3. The van der Waals surface area contributed by atoms with Crippen LogP contribution in [0.1, 0.15) is 46.0 Å². The van der Waals surface area contributed by atoms with Crippen molar-refractivity contribution in [2.45, 2.75) is 51.2 Å². The zero-order valence-electron chi connectivity index (χ0n) is 10.9. The van der Waals surface area contributed by atoms with E-state index < -0.39 is 10.8 Å². The number of ether oxygens (including phenoxy) is 1. The van der Waals surface area contributed by atoms with E-state index in [1.54, 1.807) is 0 Å². The highest BCUT2D eigenvalue weighted by Crippen LogP contribution is 2.22. The molecule has 0 aliphatic carbocycles. The Balaban J connectivity index is 2.14. The van der Waals surface area contributed by atoms with E-state index in [1.165, 1.54) is 0 Å². The SMILES string of the molecule is CC(C)(C#N)CCCCS(=O)C1CCOCC1. The van der Waals surface area contributed by atoms with Crippen LogP contribution in [-0.4, -0.2) is 28.4 Å². The third-order valence-corrected chi connectivity index (χ3v) is 5.15. The first-order valence-corrected chi connectivity index (χ1v) is 7.79. The number of rotatable bonds is 6. The molecule has 0 radical (unpaired) electrons. The number of nitriles is 1. The maximum atomic E-state index is 12.0. The Morgan fingerprint density at radius 3 is 2.59 bits per heavy atom. The Labute approximate surface area is 107 Å². The Kier molecular flexibility index (Phi) is 6.15. The fourth-order valence-electron chi connectivity index (χ4n) is 1.97. The minimum atomic E-state index is -0.700. The summed E-state index contributed by atoms with van der Waals surface area (Å²) in [5.74, 6) is 0.784. The Morgan fingerprint density at radius 1 is 1.35 bits per heavy atom. The topological polar surface area (TPSA) is 50.1 Å². The molecule has 1 unspecified atom stereocenters. The number of hydrogen-bond acceptors (Lipinski definition) is 3. The monoisotopic (exact) mass is 257 g/mol. The van der Waals surface area contributed by atoms with Gasteiger partial charge in [0.05, 0.1) is 11.5 Å². The number of unbranched alkanes of at least 4 members (excludes halogenated alkanes) is 1. The molecule has 4 heteroatoms. The molecule has 0 spiro atoms. The Bertz CT molecular complexity index is 290. The van der Waals surface area contributed by atoms with E-state index >= 15 is 0 Å². The highest BCUT2D eigenvalue weighted by molar-refractivity contribution is 7.85. The van der Waals surface area contributed by atoms with Crippen LogP contribution in [0.5, 0.6) is 0 Å². The lowest BCUT2D eigenvalue weighted by Crippen LogP contribution is -2.26. The van der Waals surface area contributed by atoms with Gasteiger partial charge >= 0.3 is 0 Å². The maximum Gasteiger partial charge on any atom is 0.0683 e. The van der Waals surface area contributed by atoms with E-state index in [0.717, 1.165) is 51.1 Å². The molecule has 0 saturated carbocycles. The van der Waals surface area contributed by atoms with Gasteiger partial charge in [-0.1, -0.05) is 6.42 Å². The average molecular weight is 257 g/mol. The molecule has 1 aliphatic heterocycles. The Morgan fingerprint density at radius 2 is 2.00 bits per heavy atom. The summed E-state index contributed by atoms with van der Waals surface area (Å²) in [6, 6.07) is 2.30. The summed E-state index contributed by atoms with van der Waals surface area (Å²) in [4.78, 5) is 0. The minimum Gasteiger partial charge on any atom is -0.381 e. The van der Waals surface area contributed by atoms with Gasteiger partial charge in [-0.05, 0) is 39.5 Å². The predicted octanol–water partition coefficient (Wildman–Crippen LogP) is 2.63. The highest BCUT2D eigenvalue weighted by Gasteiger charge is 2.20. The van der Waals surface area contributed by atoms with Crippen LogP contribution in [0, 0.1) is 16.7 Å². The molecule has 3 nitrogen and oxygen atoms in total. The third-order valence-electron chi connectivity index (χ3n) is 3.24. The molecular weight excluding hydrogens is 234 g/mol. The summed E-state index contributed by atoms with van der Waals surface area (Å²) in [5.41, 5.74) is -0.236. The van der Waals surface area contributed by atoms with Gasteiger partial charge in [0.2, 0.25) is 0 Å². The van der Waals surface area contributed by atoms with Crippen molar-refractivity contribution in [1.82, 2.24) is 0 Å². The van der Waals surface area contributed by atoms with Gasteiger partial charge in [-0.3, -0.25) is 4.21 Å². The quantitative estimate of drug-likeness (QED) is 0.687. The van der Waals surface area contributed by atoms with E-state index in [-0.39, 0.29) is 5.41 Å². The van der Waals surface area contributed by atoms with Gasteiger partial charge in [-0.25, -0.2) is 0 Å². The first-order valence-electron chi connectivity index (χ1n) is 6.41. The molecule has 98 valence electrons. The van der Waals surface area contributed by atoms with Crippen molar-refractivity contribution in [2.24, 2.45) is 5.41 Å². The average Bonchev–Trinajstić information content (AvgIpc) is 2.35. The maximum absolute atomic E-state index is 12.0. The molecule has 0 aromatic rings. The molecule has 1 rings (SSSR count). The molecule has 1 saturated heterocycles. The zero-order valence-corrected chi connectivity index (χ0v) is 11.7. The lowest BCUT2D eigenvalue weighted by atomic mass is 9.89. The van der Waals surface area contributed by atoms with E-state index in [2.05, 4.69) is 6.07 Å². The molecule has 1 fully saturated rings. The van der Waals surface area contributed by atoms with Crippen molar-refractivity contribution in [3.63, 3.8) is 0 Å². The highest BCUT2D eigenvalue weighted by atomic mass is 32.2. The number of hydrogen-bond donors (Lipinski definition) is 0. The summed E-state index contributed by atoms with van der Waals surface area (Å²) in [6.45, 7) is 5.45. The van der Waals surface area contributed by atoms with Gasteiger partial charge < -0.3 is 4.74 Å². The first kappa shape index (κ1) is 14.7. The van der Waals surface area contributed by atoms with Crippen molar-refractivity contribution in [3.05, 3.63) is 0 Å². The van der Waals surface area contributed by atoms with Gasteiger partial charge in [-0.15, -0.1) is 0 Å². The predicted molar refractivity (Wildman–Crippen MR) is 70.1 cm³/mol. The largest absolute Gasteiger partial charge is 0.381 e. The van der Waals surface area contributed by atoms with E-state index in [9.17, 15) is 4.21 Å². The van der Waals surface area contributed by atoms with Crippen LogP contribution in [0.2, 0.25) is 0 Å². The van der Waals surface area contributed by atoms with Crippen molar-refractivity contribution >= 4 is 10.8 Å². The van der Waals surface area contributed by atoms with Crippen molar-refractivity contribution < 1.29 is 8.95 Å². The molecule has 0 amide bonds. The summed E-state index contributed by atoms with van der Waals surface area (Å²) in [7, 11) is -0.700. The van der Waals surface area contributed by atoms with Gasteiger partial charge in [0.25, 0.3) is 0 Å². The van der Waals surface area contributed by atoms with Gasteiger partial charge in [0.15, 0.2) is 0 Å². The smallest absolute Gasteiger partial charge is 0.0683 e. The summed E-state index contributed by atoms with van der Waals surface area (Å²) in [5, 5.41) is 9.22. The molecule has 0 aromatic heterocycles. The van der Waals surface area contributed by atoms with E-state index in [4.69, 9.17) is 10.00 Å². The molecule has 0 bridgehead atoms. The van der Waals surface area contributed by atoms with E-state index in [1.807, 2.05) is 13.8 Å². The van der Waals surface area contributed by atoms with Crippen molar-refractivity contribution in [3.8, 4) is 6.07 Å². The van der Waals surface area contributed by atoms with Crippen molar-refractivity contribution in [2.75, 3.05) is 19.0 Å². The van der Waals surface area contributed by atoms with Gasteiger partial charge in [0.1, 0.15) is 0 Å². The van der Waals surface area contributed by atoms with Crippen LogP contribution in [0.15, 0.2) is 0 Å². The molecule has 1 aliphatic rings. The van der Waals surface area contributed by atoms with Gasteiger partial charge in [0, 0.05) is 35.0 Å². The second kappa shape index (κ2) is 7.13. The van der Waals surface area contributed by atoms with E-state index in [0.29, 0.717) is 5.25 Å². The van der Waals surface area contributed by atoms with Crippen LogP contribution in [0.4, 0.5) is 0 Å². The molecule has 0 N–H and O–H groups in total. The fourth-order valence-corrected chi connectivity index (χ4v) is 3.51.